The maximum absolute atomic E-state index is 11.4. The monoisotopic (exact) mass is 216 g/mol. The van der Waals surface area contributed by atoms with Crippen LogP contribution >= 0.6 is 0 Å². The van der Waals surface area contributed by atoms with Crippen LogP contribution in [0, 0.1) is 0 Å². The normalized spacial score (nSPS) is 13.2. The molecule has 0 heterocycles. The molecule has 0 radical (unpaired) electrons. The molecule has 0 aliphatic heterocycles. The number of carbonyl (C=O) groups excluding carboxylic acids is 1. The van der Waals surface area contributed by atoms with E-state index in [4.69, 9.17) is 14.2 Å². The summed E-state index contributed by atoms with van der Waals surface area (Å²) in [5.41, 5.74) is 0. The smallest absolute Gasteiger partial charge is 0.376 e. The Kier molecular flexibility index (Phi) is 7.50. The molecular formula is C11H20O4. The SMILES string of the molecule is CCO/C=C(/OC(C)CC)C(=O)OCC. The Morgan fingerprint density at radius 2 is 1.93 bits per heavy atom. The van der Waals surface area contributed by atoms with Crippen LogP contribution in [0.5, 0.6) is 0 Å². The first-order chi connectivity index (χ1) is 7.15. The maximum Gasteiger partial charge on any atom is 0.376 e. The lowest BCUT2D eigenvalue weighted by molar-refractivity contribution is -0.144. The van der Waals surface area contributed by atoms with E-state index in [0.717, 1.165) is 6.42 Å². The summed E-state index contributed by atoms with van der Waals surface area (Å²) in [6, 6.07) is 0. The van der Waals surface area contributed by atoms with E-state index in [1.165, 1.54) is 6.26 Å². The predicted molar refractivity (Wildman–Crippen MR) is 57.2 cm³/mol. The van der Waals surface area contributed by atoms with Gasteiger partial charge in [0.2, 0.25) is 5.76 Å². The van der Waals surface area contributed by atoms with Gasteiger partial charge in [0.1, 0.15) is 6.26 Å². The lowest BCUT2D eigenvalue weighted by Gasteiger charge is -2.14. The molecule has 88 valence electrons. The van der Waals surface area contributed by atoms with Gasteiger partial charge >= 0.3 is 5.97 Å². The van der Waals surface area contributed by atoms with Crippen LogP contribution in [-0.2, 0) is 19.0 Å². The van der Waals surface area contributed by atoms with Gasteiger partial charge < -0.3 is 14.2 Å². The van der Waals surface area contributed by atoms with Crippen molar-refractivity contribution >= 4 is 5.97 Å². The molecular weight excluding hydrogens is 196 g/mol. The number of esters is 1. The van der Waals surface area contributed by atoms with Crippen LogP contribution in [0.1, 0.15) is 34.1 Å². The molecule has 0 aromatic heterocycles. The molecule has 0 saturated heterocycles. The molecule has 0 N–H and O–H groups in total. The van der Waals surface area contributed by atoms with Crippen LogP contribution < -0.4 is 0 Å². The number of carbonyl (C=O) groups is 1. The quantitative estimate of drug-likeness (QED) is 0.372. The van der Waals surface area contributed by atoms with Crippen molar-refractivity contribution < 1.29 is 19.0 Å². The lowest BCUT2D eigenvalue weighted by atomic mass is 10.3. The average Bonchev–Trinajstić information content (AvgIpc) is 2.24. The van der Waals surface area contributed by atoms with Gasteiger partial charge in [-0.15, -0.1) is 0 Å². The van der Waals surface area contributed by atoms with Gasteiger partial charge in [0.05, 0.1) is 19.3 Å². The highest BCUT2D eigenvalue weighted by atomic mass is 16.6. The molecule has 1 unspecified atom stereocenters. The van der Waals surface area contributed by atoms with Crippen molar-refractivity contribution in [2.24, 2.45) is 0 Å². The van der Waals surface area contributed by atoms with Gasteiger partial charge in [-0.2, -0.15) is 0 Å². The zero-order valence-corrected chi connectivity index (χ0v) is 9.91. The molecule has 4 heteroatoms. The minimum absolute atomic E-state index is 0.0267. The zero-order chi connectivity index (χ0) is 11.7. The highest BCUT2D eigenvalue weighted by Gasteiger charge is 2.15. The highest BCUT2D eigenvalue weighted by molar-refractivity contribution is 5.85. The third-order valence-electron chi connectivity index (χ3n) is 1.74. The Hall–Kier alpha value is -1.19. The molecule has 0 aliphatic carbocycles. The minimum atomic E-state index is -0.480. The summed E-state index contributed by atoms with van der Waals surface area (Å²) >= 11 is 0. The van der Waals surface area contributed by atoms with Gasteiger partial charge in [-0.3, -0.25) is 0 Å². The Labute approximate surface area is 91.2 Å². The van der Waals surface area contributed by atoms with Crippen LogP contribution in [0.15, 0.2) is 12.0 Å². The maximum atomic E-state index is 11.4. The summed E-state index contributed by atoms with van der Waals surface area (Å²) in [5, 5.41) is 0. The Bertz CT molecular complexity index is 211. The Morgan fingerprint density at radius 1 is 1.27 bits per heavy atom. The molecule has 0 fully saturated rings. The van der Waals surface area contributed by atoms with E-state index in [1.807, 2.05) is 20.8 Å². The van der Waals surface area contributed by atoms with Crippen molar-refractivity contribution in [3.63, 3.8) is 0 Å². The van der Waals surface area contributed by atoms with Crippen LogP contribution in [0.2, 0.25) is 0 Å². The molecule has 4 nitrogen and oxygen atoms in total. The van der Waals surface area contributed by atoms with Gasteiger partial charge in [-0.1, -0.05) is 6.92 Å². The molecule has 0 bridgehead atoms. The fraction of sp³-hybridized carbons (Fsp3) is 0.727. The summed E-state index contributed by atoms with van der Waals surface area (Å²) in [5.74, 6) is -0.348. The van der Waals surface area contributed by atoms with E-state index in [1.54, 1.807) is 6.92 Å². The Morgan fingerprint density at radius 3 is 2.40 bits per heavy atom. The zero-order valence-electron chi connectivity index (χ0n) is 9.91. The third-order valence-corrected chi connectivity index (χ3v) is 1.74. The van der Waals surface area contributed by atoms with Crippen LogP contribution in [-0.4, -0.2) is 25.3 Å². The average molecular weight is 216 g/mol. The fourth-order valence-electron chi connectivity index (χ4n) is 0.785. The first-order valence-corrected chi connectivity index (χ1v) is 5.31. The van der Waals surface area contributed by atoms with Crippen molar-refractivity contribution in [3.8, 4) is 0 Å². The molecule has 0 saturated carbocycles. The molecule has 0 aromatic rings. The Balaban J connectivity index is 4.36. The van der Waals surface area contributed by atoms with Gasteiger partial charge in [-0.25, -0.2) is 4.79 Å². The van der Waals surface area contributed by atoms with Gasteiger partial charge in [0.25, 0.3) is 0 Å². The molecule has 15 heavy (non-hydrogen) atoms. The van der Waals surface area contributed by atoms with Gasteiger partial charge in [0, 0.05) is 0 Å². The van der Waals surface area contributed by atoms with Crippen molar-refractivity contribution in [3.05, 3.63) is 12.0 Å². The topological polar surface area (TPSA) is 44.8 Å². The summed E-state index contributed by atoms with van der Waals surface area (Å²) < 4.78 is 15.2. The summed E-state index contributed by atoms with van der Waals surface area (Å²) in [6.45, 7) is 8.27. The standard InChI is InChI=1S/C11H20O4/c1-5-9(4)15-10(8-13-6-2)11(12)14-7-3/h8-9H,5-7H2,1-4H3/b10-8+. The third kappa shape index (κ3) is 5.99. The van der Waals surface area contributed by atoms with Crippen molar-refractivity contribution in [2.45, 2.75) is 40.2 Å². The molecule has 0 spiro atoms. The molecule has 0 aliphatic rings. The van der Waals surface area contributed by atoms with Crippen molar-refractivity contribution in [1.82, 2.24) is 0 Å². The van der Waals surface area contributed by atoms with Crippen LogP contribution in [0.4, 0.5) is 0 Å². The first-order valence-electron chi connectivity index (χ1n) is 5.31. The summed E-state index contributed by atoms with van der Waals surface area (Å²) in [7, 11) is 0. The first kappa shape index (κ1) is 13.8. The van der Waals surface area contributed by atoms with E-state index in [-0.39, 0.29) is 11.9 Å². The predicted octanol–water partition coefficient (Wildman–Crippen LogP) is 2.24. The number of rotatable bonds is 7. The second-order valence-electron chi connectivity index (χ2n) is 2.99. The molecule has 0 amide bonds. The number of ether oxygens (including phenoxy) is 3. The minimum Gasteiger partial charge on any atom is -0.497 e. The van der Waals surface area contributed by atoms with E-state index < -0.39 is 5.97 Å². The number of hydrogen-bond acceptors (Lipinski definition) is 4. The highest BCUT2D eigenvalue weighted by Crippen LogP contribution is 2.08. The van der Waals surface area contributed by atoms with Crippen molar-refractivity contribution in [2.75, 3.05) is 13.2 Å². The van der Waals surface area contributed by atoms with Crippen LogP contribution in [0.3, 0.4) is 0 Å². The molecule has 0 rings (SSSR count). The van der Waals surface area contributed by atoms with Gasteiger partial charge in [0.15, 0.2) is 0 Å². The van der Waals surface area contributed by atoms with Gasteiger partial charge in [-0.05, 0) is 27.2 Å². The van der Waals surface area contributed by atoms with E-state index >= 15 is 0 Å². The fourth-order valence-corrected chi connectivity index (χ4v) is 0.785. The molecule has 0 aromatic carbocycles. The lowest BCUT2D eigenvalue weighted by Crippen LogP contribution is -2.16. The summed E-state index contributed by atoms with van der Waals surface area (Å²) in [6.07, 6.45) is 2.11. The number of hydrogen-bond donors (Lipinski definition) is 0. The van der Waals surface area contributed by atoms with E-state index in [9.17, 15) is 4.79 Å². The van der Waals surface area contributed by atoms with Crippen LogP contribution in [0.25, 0.3) is 0 Å². The van der Waals surface area contributed by atoms with E-state index in [2.05, 4.69) is 0 Å². The molecule has 1 atom stereocenters. The summed E-state index contributed by atoms with van der Waals surface area (Å²) in [4.78, 5) is 11.4. The van der Waals surface area contributed by atoms with Crippen molar-refractivity contribution in [1.29, 1.82) is 0 Å². The second-order valence-corrected chi connectivity index (χ2v) is 2.99. The largest absolute Gasteiger partial charge is 0.497 e. The van der Waals surface area contributed by atoms with E-state index in [0.29, 0.717) is 13.2 Å². The second kappa shape index (κ2) is 8.15.